The Kier molecular flexibility index (Phi) is 2.60. The zero-order valence-corrected chi connectivity index (χ0v) is 8.51. The van der Waals surface area contributed by atoms with Crippen LogP contribution in [0.5, 0.6) is 0 Å². The van der Waals surface area contributed by atoms with Gasteiger partial charge in [-0.2, -0.15) is 0 Å². The normalized spacial score (nSPS) is 10.0. The van der Waals surface area contributed by atoms with E-state index in [9.17, 15) is 9.90 Å². The molecule has 0 spiro atoms. The van der Waals surface area contributed by atoms with Crippen molar-refractivity contribution in [1.29, 1.82) is 0 Å². The number of hydrogen-bond acceptors (Lipinski definition) is 3. The summed E-state index contributed by atoms with van der Waals surface area (Å²) in [6.07, 6.45) is 0. The number of nitrogens with two attached hydrogens (primary N) is 1. The van der Waals surface area contributed by atoms with Gasteiger partial charge in [0.05, 0.1) is 5.97 Å². The smallest absolute Gasteiger partial charge is 0.0715 e. The first-order valence-electron chi connectivity index (χ1n) is 4.84. The Morgan fingerprint density at radius 1 is 1.00 bits per heavy atom. The van der Waals surface area contributed by atoms with E-state index in [1.807, 2.05) is 18.2 Å². The summed E-state index contributed by atoms with van der Waals surface area (Å²) < 4.78 is 0. The first kappa shape index (κ1) is 10.2. The van der Waals surface area contributed by atoms with Crippen molar-refractivity contribution < 1.29 is 9.90 Å². The van der Waals surface area contributed by atoms with E-state index >= 15 is 0 Å². The van der Waals surface area contributed by atoms with Crippen LogP contribution in [0.15, 0.2) is 48.5 Å². The molecule has 0 amide bonds. The molecule has 3 nitrogen and oxygen atoms in total. The van der Waals surface area contributed by atoms with E-state index in [-0.39, 0.29) is 5.56 Å². The summed E-state index contributed by atoms with van der Waals surface area (Å²) >= 11 is 0. The van der Waals surface area contributed by atoms with E-state index in [2.05, 4.69) is 0 Å². The van der Waals surface area contributed by atoms with Gasteiger partial charge < -0.3 is 15.6 Å². The minimum atomic E-state index is -1.17. The second kappa shape index (κ2) is 4.06. The Morgan fingerprint density at radius 2 is 1.69 bits per heavy atom. The van der Waals surface area contributed by atoms with Crippen LogP contribution < -0.4 is 10.8 Å². The highest BCUT2D eigenvalue weighted by Crippen LogP contribution is 2.21. The van der Waals surface area contributed by atoms with Gasteiger partial charge in [-0.05, 0) is 28.8 Å². The molecule has 0 atom stereocenters. The van der Waals surface area contributed by atoms with Crippen molar-refractivity contribution in [2.24, 2.45) is 0 Å². The van der Waals surface area contributed by atoms with E-state index < -0.39 is 5.97 Å². The Balaban J connectivity index is 2.38. The predicted molar refractivity (Wildman–Crippen MR) is 60.6 cm³/mol. The molecule has 0 fully saturated rings. The molecule has 0 aliphatic carbocycles. The SMILES string of the molecule is Nc1cccc(-c2ccc(C(=O)[O-])cc2)c1. The number of carbonyl (C=O) groups is 1. The monoisotopic (exact) mass is 212 g/mol. The maximum atomic E-state index is 10.6. The van der Waals surface area contributed by atoms with Crippen molar-refractivity contribution >= 4 is 11.7 Å². The minimum absolute atomic E-state index is 0.174. The third kappa shape index (κ3) is 2.03. The van der Waals surface area contributed by atoms with Crippen LogP contribution in [0.4, 0.5) is 5.69 Å². The number of rotatable bonds is 2. The van der Waals surface area contributed by atoms with Crippen molar-refractivity contribution in [3.63, 3.8) is 0 Å². The van der Waals surface area contributed by atoms with E-state index in [1.54, 1.807) is 18.2 Å². The van der Waals surface area contributed by atoms with Gasteiger partial charge in [-0.25, -0.2) is 0 Å². The van der Waals surface area contributed by atoms with Crippen molar-refractivity contribution in [2.75, 3.05) is 5.73 Å². The number of hydrogen-bond donors (Lipinski definition) is 1. The molecule has 2 rings (SSSR count). The highest BCUT2D eigenvalue weighted by atomic mass is 16.4. The summed E-state index contributed by atoms with van der Waals surface area (Å²) in [5.41, 5.74) is 8.42. The van der Waals surface area contributed by atoms with Gasteiger partial charge in [0.2, 0.25) is 0 Å². The highest BCUT2D eigenvalue weighted by Gasteiger charge is 1.98. The van der Waals surface area contributed by atoms with Crippen molar-refractivity contribution in [1.82, 2.24) is 0 Å². The number of aromatic carboxylic acids is 1. The van der Waals surface area contributed by atoms with Crippen LogP contribution in [0, 0.1) is 0 Å². The zero-order chi connectivity index (χ0) is 11.5. The average molecular weight is 212 g/mol. The highest BCUT2D eigenvalue weighted by molar-refractivity contribution is 5.86. The van der Waals surface area contributed by atoms with Gasteiger partial charge in [0, 0.05) is 5.69 Å². The van der Waals surface area contributed by atoms with Crippen molar-refractivity contribution in [3.8, 4) is 11.1 Å². The Morgan fingerprint density at radius 3 is 2.25 bits per heavy atom. The van der Waals surface area contributed by atoms with Crippen LogP contribution in [0.1, 0.15) is 10.4 Å². The molecule has 0 saturated heterocycles. The molecule has 0 saturated carbocycles. The Bertz CT molecular complexity index is 518. The standard InChI is InChI=1S/C13H11NO2/c14-12-3-1-2-11(8-12)9-4-6-10(7-5-9)13(15)16/h1-8H,14H2,(H,15,16)/p-1. The molecule has 2 aromatic carbocycles. The predicted octanol–water partition coefficient (Wildman–Crippen LogP) is 1.30. The van der Waals surface area contributed by atoms with Gasteiger partial charge in [-0.1, -0.05) is 36.4 Å². The number of carboxylic acid groups (broad SMARTS) is 1. The zero-order valence-electron chi connectivity index (χ0n) is 8.51. The lowest BCUT2D eigenvalue weighted by atomic mass is 10.0. The molecule has 0 heterocycles. The fraction of sp³-hybridized carbons (Fsp3) is 0. The van der Waals surface area contributed by atoms with Gasteiger partial charge in [0.1, 0.15) is 0 Å². The molecule has 2 aromatic rings. The summed E-state index contributed by atoms with van der Waals surface area (Å²) in [5, 5.41) is 10.6. The molecule has 80 valence electrons. The molecule has 0 aromatic heterocycles. The van der Waals surface area contributed by atoms with Crippen molar-refractivity contribution in [2.45, 2.75) is 0 Å². The second-order valence-corrected chi connectivity index (χ2v) is 3.49. The van der Waals surface area contributed by atoms with Gasteiger partial charge in [-0.15, -0.1) is 0 Å². The summed E-state index contributed by atoms with van der Waals surface area (Å²) in [4.78, 5) is 10.6. The molecule has 0 aliphatic rings. The van der Waals surface area contributed by atoms with Crippen LogP contribution in [0.2, 0.25) is 0 Å². The average Bonchev–Trinajstić information content (AvgIpc) is 2.29. The molecule has 3 heteroatoms. The largest absolute Gasteiger partial charge is 0.545 e. The number of nitrogen functional groups attached to an aromatic ring is 1. The van der Waals surface area contributed by atoms with Crippen LogP contribution in [0.3, 0.4) is 0 Å². The van der Waals surface area contributed by atoms with E-state index in [1.165, 1.54) is 12.1 Å². The molecule has 0 aliphatic heterocycles. The minimum Gasteiger partial charge on any atom is -0.545 e. The topological polar surface area (TPSA) is 66.2 Å². The van der Waals surface area contributed by atoms with Gasteiger partial charge in [-0.3, -0.25) is 0 Å². The van der Waals surface area contributed by atoms with Crippen LogP contribution in [-0.2, 0) is 0 Å². The Labute approximate surface area is 93.1 Å². The summed E-state index contributed by atoms with van der Waals surface area (Å²) in [7, 11) is 0. The molecular formula is C13H10NO2-. The lowest BCUT2D eigenvalue weighted by Gasteiger charge is -2.05. The summed E-state index contributed by atoms with van der Waals surface area (Å²) in [5.74, 6) is -1.17. The third-order valence-corrected chi connectivity index (χ3v) is 2.34. The maximum absolute atomic E-state index is 10.6. The van der Waals surface area contributed by atoms with Gasteiger partial charge >= 0.3 is 0 Å². The molecule has 16 heavy (non-hydrogen) atoms. The van der Waals surface area contributed by atoms with Gasteiger partial charge in [0.15, 0.2) is 0 Å². The number of benzene rings is 2. The van der Waals surface area contributed by atoms with E-state index in [0.29, 0.717) is 5.69 Å². The number of carboxylic acids is 1. The van der Waals surface area contributed by atoms with Crippen LogP contribution >= 0.6 is 0 Å². The molecule has 2 N–H and O–H groups in total. The molecule has 0 radical (unpaired) electrons. The van der Waals surface area contributed by atoms with Gasteiger partial charge in [0.25, 0.3) is 0 Å². The molecule has 0 unspecified atom stereocenters. The lowest BCUT2D eigenvalue weighted by molar-refractivity contribution is -0.255. The number of anilines is 1. The lowest BCUT2D eigenvalue weighted by Crippen LogP contribution is -2.21. The fourth-order valence-electron chi connectivity index (χ4n) is 1.52. The van der Waals surface area contributed by atoms with Crippen LogP contribution in [0.25, 0.3) is 11.1 Å². The van der Waals surface area contributed by atoms with Crippen LogP contribution in [-0.4, -0.2) is 5.97 Å². The first-order chi connectivity index (χ1) is 7.66. The van der Waals surface area contributed by atoms with E-state index in [4.69, 9.17) is 5.73 Å². The number of carbonyl (C=O) groups excluding carboxylic acids is 1. The quantitative estimate of drug-likeness (QED) is 0.763. The molecular weight excluding hydrogens is 202 g/mol. The van der Waals surface area contributed by atoms with E-state index in [0.717, 1.165) is 11.1 Å². The Hall–Kier alpha value is -2.29. The molecule has 0 bridgehead atoms. The summed E-state index contributed by atoms with van der Waals surface area (Å²) in [6, 6.07) is 13.9. The second-order valence-electron chi connectivity index (χ2n) is 3.49. The first-order valence-corrected chi connectivity index (χ1v) is 4.84. The third-order valence-electron chi connectivity index (χ3n) is 2.34. The summed E-state index contributed by atoms with van der Waals surface area (Å²) in [6.45, 7) is 0. The van der Waals surface area contributed by atoms with Crippen molar-refractivity contribution in [3.05, 3.63) is 54.1 Å². The maximum Gasteiger partial charge on any atom is 0.0715 e. The fourth-order valence-corrected chi connectivity index (χ4v) is 1.52.